The van der Waals surface area contributed by atoms with E-state index in [1.165, 1.54) is 19.4 Å². The van der Waals surface area contributed by atoms with Crippen LogP contribution in [0.1, 0.15) is 26.7 Å². The van der Waals surface area contributed by atoms with Crippen molar-refractivity contribution in [2.45, 2.75) is 32.7 Å². The number of likely N-dealkylation sites (N-methyl/N-ethyl adjacent to an activating group) is 1. The molecule has 1 fully saturated rings. The van der Waals surface area contributed by atoms with E-state index < -0.39 is 0 Å². The van der Waals surface area contributed by atoms with E-state index >= 15 is 0 Å². The van der Waals surface area contributed by atoms with E-state index in [2.05, 4.69) is 24.1 Å². The number of rotatable bonds is 5. The van der Waals surface area contributed by atoms with Crippen molar-refractivity contribution in [1.82, 2.24) is 10.2 Å². The van der Waals surface area contributed by atoms with E-state index in [-0.39, 0.29) is 6.61 Å². The van der Waals surface area contributed by atoms with Gasteiger partial charge in [0.25, 0.3) is 0 Å². The third-order valence-electron chi connectivity index (χ3n) is 3.18. The van der Waals surface area contributed by atoms with Crippen molar-refractivity contribution >= 4 is 0 Å². The lowest BCUT2D eigenvalue weighted by Crippen LogP contribution is -2.49. The van der Waals surface area contributed by atoms with Crippen LogP contribution in [0.15, 0.2) is 0 Å². The number of nitrogens with zero attached hydrogens (tertiary/aromatic N) is 1. The van der Waals surface area contributed by atoms with Gasteiger partial charge in [0.2, 0.25) is 0 Å². The highest BCUT2D eigenvalue weighted by Crippen LogP contribution is 2.19. The lowest BCUT2D eigenvalue weighted by Gasteiger charge is -2.37. The topological polar surface area (TPSA) is 35.5 Å². The van der Waals surface area contributed by atoms with Crippen molar-refractivity contribution in [3.05, 3.63) is 0 Å². The molecule has 0 aromatic carbocycles. The number of hydrogen-bond donors (Lipinski definition) is 2. The monoisotopic (exact) mass is 200 g/mol. The summed E-state index contributed by atoms with van der Waals surface area (Å²) in [7, 11) is 0. The standard InChI is InChI=1S/C11H24N2O/c1-3-10-7-11(12-5-6-14)9-13(4-2)8-10/h10-12,14H,3-9H2,1-2H3. The Morgan fingerprint density at radius 1 is 1.36 bits per heavy atom. The van der Waals surface area contributed by atoms with Crippen molar-refractivity contribution in [3.63, 3.8) is 0 Å². The van der Waals surface area contributed by atoms with Crippen LogP contribution in [0, 0.1) is 5.92 Å². The average molecular weight is 200 g/mol. The molecule has 1 saturated heterocycles. The smallest absolute Gasteiger partial charge is 0.0556 e. The third kappa shape index (κ3) is 3.56. The zero-order valence-electron chi connectivity index (χ0n) is 9.50. The number of piperidine rings is 1. The Morgan fingerprint density at radius 2 is 2.14 bits per heavy atom. The lowest BCUT2D eigenvalue weighted by atomic mass is 9.92. The van der Waals surface area contributed by atoms with Gasteiger partial charge in [-0.1, -0.05) is 20.3 Å². The molecule has 0 radical (unpaired) electrons. The van der Waals surface area contributed by atoms with Crippen LogP contribution in [-0.2, 0) is 0 Å². The van der Waals surface area contributed by atoms with E-state index in [1.54, 1.807) is 0 Å². The average Bonchev–Trinajstić information content (AvgIpc) is 2.25. The number of likely N-dealkylation sites (tertiary alicyclic amines) is 1. The zero-order chi connectivity index (χ0) is 10.4. The van der Waals surface area contributed by atoms with Crippen molar-refractivity contribution < 1.29 is 5.11 Å². The second-order valence-corrected chi connectivity index (χ2v) is 4.24. The first-order valence-electron chi connectivity index (χ1n) is 5.86. The maximum absolute atomic E-state index is 8.77. The van der Waals surface area contributed by atoms with Gasteiger partial charge >= 0.3 is 0 Å². The highest BCUT2D eigenvalue weighted by atomic mass is 16.3. The van der Waals surface area contributed by atoms with Crippen molar-refractivity contribution in [2.75, 3.05) is 32.8 Å². The largest absolute Gasteiger partial charge is 0.395 e. The molecule has 2 unspecified atom stereocenters. The minimum atomic E-state index is 0.249. The minimum Gasteiger partial charge on any atom is -0.395 e. The van der Waals surface area contributed by atoms with Crippen LogP contribution < -0.4 is 5.32 Å². The first-order valence-corrected chi connectivity index (χ1v) is 5.86. The number of aliphatic hydroxyl groups is 1. The Hall–Kier alpha value is -0.120. The summed E-state index contributed by atoms with van der Waals surface area (Å²) in [6, 6.07) is 0.584. The molecule has 0 spiro atoms. The molecule has 2 atom stereocenters. The Labute approximate surface area is 87.5 Å². The van der Waals surface area contributed by atoms with Gasteiger partial charge in [-0.25, -0.2) is 0 Å². The fraction of sp³-hybridized carbons (Fsp3) is 1.00. The Balaban J connectivity index is 2.35. The summed E-state index contributed by atoms with van der Waals surface area (Å²) in [5.74, 6) is 0.833. The zero-order valence-corrected chi connectivity index (χ0v) is 9.50. The lowest BCUT2D eigenvalue weighted by molar-refractivity contribution is 0.140. The summed E-state index contributed by atoms with van der Waals surface area (Å²) in [5.41, 5.74) is 0. The van der Waals surface area contributed by atoms with E-state index in [9.17, 15) is 0 Å². The molecule has 0 aromatic heterocycles. The molecule has 1 aliphatic rings. The summed E-state index contributed by atoms with van der Waals surface area (Å²) in [4.78, 5) is 2.51. The van der Waals surface area contributed by atoms with E-state index in [0.29, 0.717) is 6.04 Å². The SMILES string of the molecule is CCC1CC(NCCO)CN(CC)C1. The van der Waals surface area contributed by atoms with Gasteiger partial charge < -0.3 is 15.3 Å². The van der Waals surface area contributed by atoms with Gasteiger partial charge in [-0.3, -0.25) is 0 Å². The van der Waals surface area contributed by atoms with Crippen LogP contribution in [0.3, 0.4) is 0 Å². The molecule has 84 valence electrons. The number of hydrogen-bond acceptors (Lipinski definition) is 3. The van der Waals surface area contributed by atoms with Gasteiger partial charge in [0.05, 0.1) is 6.61 Å². The Bertz CT molecular complexity index is 140. The molecular formula is C11H24N2O. The van der Waals surface area contributed by atoms with Crippen LogP contribution in [-0.4, -0.2) is 48.8 Å². The quantitative estimate of drug-likeness (QED) is 0.685. The summed E-state index contributed by atoms with van der Waals surface area (Å²) >= 11 is 0. The van der Waals surface area contributed by atoms with Crippen LogP contribution in [0.25, 0.3) is 0 Å². The molecule has 0 saturated carbocycles. The van der Waals surface area contributed by atoms with Crippen LogP contribution in [0.4, 0.5) is 0 Å². The number of nitrogens with one attached hydrogen (secondary N) is 1. The fourth-order valence-electron chi connectivity index (χ4n) is 2.27. The molecular weight excluding hydrogens is 176 g/mol. The van der Waals surface area contributed by atoms with Gasteiger partial charge in [-0.2, -0.15) is 0 Å². The highest BCUT2D eigenvalue weighted by Gasteiger charge is 2.24. The van der Waals surface area contributed by atoms with Crippen molar-refractivity contribution in [1.29, 1.82) is 0 Å². The first kappa shape index (κ1) is 12.0. The van der Waals surface area contributed by atoms with Gasteiger partial charge in [-0.15, -0.1) is 0 Å². The van der Waals surface area contributed by atoms with Gasteiger partial charge in [0, 0.05) is 25.7 Å². The van der Waals surface area contributed by atoms with Crippen molar-refractivity contribution in [2.24, 2.45) is 5.92 Å². The van der Waals surface area contributed by atoms with Crippen LogP contribution in [0.5, 0.6) is 0 Å². The molecule has 1 heterocycles. The molecule has 3 heteroatoms. The Morgan fingerprint density at radius 3 is 2.71 bits per heavy atom. The predicted molar refractivity (Wildman–Crippen MR) is 59.4 cm³/mol. The van der Waals surface area contributed by atoms with Gasteiger partial charge in [-0.05, 0) is 18.9 Å². The molecule has 0 amide bonds. The van der Waals surface area contributed by atoms with E-state index in [4.69, 9.17) is 5.11 Å². The van der Waals surface area contributed by atoms with E-state index in [0.717, 1.165) is 25.6 Å². The second-order valence-electron chi connectivity index (χ2n) is 4.24. The first-order chi connectivity index (χ1) is 6.80. The summed E-state index contributed by atoms with van der Waals surface area (Å²) in [6.07, 6.45) is 2.54. The van der Waals surface area contributed by atoms with Gasteiger partial charge in [0.1, 0.15) is 0 Å². The maximum atomic E-state index is 8.77. The fourth-order valence-corrected chi connectivity index (χ4v) is 2.27. The Kier molecular flexibility index (Phi) is 5.45. The molecule has 2 N–H and O–H groups in total. The number of aliphatic hydroxyl groups excluding tert-OH is 1. The maximum Gasteiger partial charge on any atom is 0.0556 e. The van der Waals surface area contributed by atoms with E-state index in [1.807, 2.05) is 0 Å². The molecule has 0 aliphatic carbocycles. The molecule has 0 bridgehead atoms. The van der Waals surface area contributed by atoms with Crippen LogP contribution in [0.2, 0.25) is 0 Å². The molecule has 1 aliphatic heterocycles. The van der Waals surface area contributed by atoms with Crippen molar-refractivity contribution in [3.8, 4) is 0 Å². The van der Waals surface area contributed by atoms with Gasteiger partial charge in [0.15, 0.2) is 0 Å². The summed E-state index contributed by atoms with van der Waals surface area (Å²) < 4.78 is 0. The minimum absolute atomic E-state index is 0.249. The summed E-state index contributed by atoms with van der Waals surface area (Å²) in [5, 5.41) is 12.2. The molecule has 0 aromatic rings. The second kappa shape index (κ2) is 6.38. The summed E-state index contributed by atoms with van der Waals surface area (Å²) in [6.45, 7) is 9.03. The van der Waals surface area contributed by atoms with Crippen LogP contribution >= 0.6 is 0 Å². The predicted octanol–water partition coefficient (Wildman–Crippen LogP) is 0.689. The normalized spacial score (nSPS) is 29.4. The molecule has 14 heavy (non-hydrogen) atoms. The highest BCUT2D eigenvalue weighted by molar-refractivity contribution is 4.82. The molecule has 1 rings (SSSR count). The third-order valence-corrected chi connectivity index (χ3v) is 3.18. The molecule has 3 nitrogen and oxygen atoms in total.